The second kappa shape index (κ2) is 5.69. The van der Waals surface area contributed by atoms with E-state index in [1.165, 1.54) is 7.11 Å². The molecule has 0 radical (unpaired) electrons. The molecule has 0 spiro atoms. The average Bonchev–Trinajstić information content (AvgIpc) is 2.24. The summed E-state index contributed by atoms with van der Waals surface area (Å²) >= 11 is 0. The number of hydrogen-bond donors (Lipinski definition) is 2. The highest BCUT2D eigenvalue weighted by molar-refractivity contribution is 5.68. The van der Waals surface area contributed by atoms with Crippen molar-refractivity contribution in [3.05, 3.63) is 0 Å². The smallest absolute Gasteiger partial charge is 0.409 e. The number of likely N-dealkylation sites (tertiary alicyclic amines) is 1. The molecule has 0 aromatic carbocycles. The predicted molar refractivity (Wildman–Crippen MR) is 56.9 cm³/mol. The Morgan fingerprint density at radius 3 is 2.75 bits per heavy atom. The van der Waals surface area contributed by atoms with Gasteiger partial charge in [0.1, 0.15) is 0 Å². The van der Waals surface area contributed by atoms with Gasteiger partial charge in [-0.15, -0.1) is 0 Å². The molecular weight excluding hydrogens is 212 g/mol. The van der Waals surface area contributed by atoms with Crippen LogP contribution in [0.25, 0.3) is 0 Å². The van der Waals surface area contributed by atoms with Gasteiger partial charge < -0.3 is 20.5 Å². The molecule has 1 saturated heterocycles. The van der Waals surface area contributed by atoms with Gasteiger partial charge >= 0.3 is 12.1 Å². The SMILES string of the molecule is COC(=O)N1CC(N)CC(CCC(=O)O)C1. The number of carbonyl (C=O) groups is 2. The maximum absolute atomic E-state index is 11.3. The van der Waals surface area contributed by atoms with Crippen molar-refractivity contribution in [1.29, 1.82) is 0 Å². The third-order valence-electron chi connectivity index (χ3n) is 2.77. The molecule has 0 bridgehead atoms. The first-order valence-corrected chi connectivity index (χ1v) is 5.33. The topological polar surface area (TPSA) is 92.9 Å². The number of carboxylic acid groups (broad SMARTS) is 1. The zero-order chi connectivity index (χ0) is 12.1. The van der Waals surface area contributed by atoms with Gasteiger partial charge in [0, 0.05) is 25.6 Å². The van der Waals surface area contributed by atoms with Gasteiger partial charge in [-0.3, -0.25) is 4.79 Å². The van der Waals surface area contributed by atoms with Crippen LogP contribution in [0.15, 0.2) is 0 Å². The third kappa shape index (κ3) is 3.69. The fourth-order valence-corrected chi connectivity index (χ4v) is 2.06. The number of carbonyl (C=O) groups excluding carboxylic acids is 1. The van der Waals surface area contributed by atoms with Crippen LogP contribution < -0.4 is 5.73 Å². The second-order valence-electron chi connectivity index (χ2n) is 4.17. The summed E-state index contributed by atoms with van der Waals surface area (Å²) in [5.74, 6) is -0.664. The Hall–Kier alpha value is -1.30. The summed E-state index contributed by atoms with van der Waals surface area (Å²) in [6, 6.07) is -0.0911. The van der Waals surface area contributed by atoms with Crippen LogP contribution in [0.4, 0.5) is 4.79 Å². The van der Waals surface area contributed by atoms with Crippen LogP contribution in [0.2, 0.25) is 0 Å². The Morgan fingerprint density at radius 2 is 2.19 bits per heavy atom. The van der Waals surface area contributed by atoms with Gasteiger partial charge in [-0.25, -0.2) is 4.79 Å². The molecule has 16 heavy (non-hydrogen) atoms. The predicted octanol–water partition coefficient (Wildman–Crippen LogP) is 0.267. The van der Waals surface area contributed by atoms with Crippen molar-refractivity contribution in [3.8, 4) is 0 Å². The summed E-state index contributed by atoms with van der Waals surface area (Å²) in [5, 5.41) is 8.59. The number of piperidine rings is 1. The Bertz CT molecular complexity index is 270. The molecule has 1 aliphatic rings. The minimum atomic E-state index is -0.816. The fraction of sp³-hybridized carbons (Fsp3) is 0.800. The summed E-state index contributed by atoms with van der Waals surface area (Å²) in [6.45, 7) is 1.02. The Kier molecular flexibility index (Phi) is 4.54. The first-order valence-electron chi connectivity index (χ1n) is 5.33. The van der Waals surface area contributed by atoms with Gasteiger partial charge in [-0.2, -0.15) is 0 Å². The lowest BCUT2D eigenvalue weighted by atomic mass is 9.91. The molecular formula is C10H18N2O4. The molecule has 6 heteroatoms. The fourth-order valence-electron chi connectivity index (χ4n) is 2.06. The van der Waals surface area contributed by atoms with Crippen LogP contribution in [0, 0.1) is 5.92 Å². The molecule has 1 heterocycles. The van der Waals surface area contributed by atoms with Crippen LogP contribution in [0.3, 0.4) is 0 Å². The van der Waals surface area contributed by atoms with E-state index in [-0.39, 0.29) is 18.4 Å². The van der Waals surface area contributed by atoms with Crippen molar-refractivity contribution in [2.75, 3.05) is 20.2 Å². The van der Waals surface area contributed by atoms with Crippen molar-refractivity contribution >= 4 is 12.1 Å². The van der Waals surface area contributed by atoms with Gasteiger partial charge in [-0.05, 0) is 18.8 Å². The van der Waals surface area contributed by atoms with Crippen LogP contribution in [-0.2, 0) is 9.53 Å². The number of ether oxygens (including phenoxy) is 1. The zero-order valence-corrected chi connectivity index (χ0v) is 9.39. The molecule has 0 saturated carbocycles. The Balaban J connectivity index is 2.47. The molecule has 1 amide bonds. The van der Waals surface area contributed by atoms with E-state index >= 15 is 0 Å². The summed E-state index contributed by atoms with van der Waals surface area (Å²) in [7, 11) is 1.33. The number of nitrogens with zero attached hydrogens (tertiary/aromatic N) is 1. The Labute approximate surface area is 94.3 Å². The van der Waals surface area contributed by atoms with Crippen molar-refractivity contribution < 1.29 is 19.4 Å². The molecule has 2 atom stereocenters. The number of amides is 1. The summed E-state index contributed by atoms with van der Waals surface area (Å²) < 4.78 is 4.63. The molecule has 0 aromatic heterocycles. The van der Waals surface area contributed by atoms with E-state index in [4.69, 9.17) is 10.8 Å². The van der Waals surface area contributed by atoms with E-state index in [0.717, 1.165) is 6.42 Å². The minimum absolute atomic E-state index is 0.0911. The highest BCUT2D eigenvalue weighted by Crippen LogP contribution is 2.20. The average molecular weight is 230 g/mol. The number of carboxylic acids is 1. The van der Waals surface area contributed by atoms with E-state index in [9.17, 15) is 9.59 Å². The van der Waals surface area contributed by atoms with E-state index in [1.54, 1.807) is 4.90 Å². The van der Waals surface area contributed by atoms with Crippen molar-refractivity contribution in [2.24, 2.45) is 11.7 Å². The molecule has 6 nitrogen and oxygen atoms in total. The molecule has 0 aromatic rings. The van der Waals surface area contributed by atoms with Gasteiger partial charge in [0.05, 0.1) is 7.11 Å². The molecule has 1 fully saturated rings. The highest BCUT2D eigenvalue weighted by Gasteiger charge is 2.28. The third-order valence-corrected chi connectivity index (χ3v) is 2.77. The molecule has 0 aliphatic carbocycles. The molecule has 2 unspecified atom stereocenters. The van der Waals surface area contributed by atoms with E-state index in [2.05, 4.69) is 4.74 Å². The van der Waals surface area contributed by atoms with Crippen LogP contribution in [0.5, 0.6) is 0 Å². The van der Waals surface area contributed by atoms with Gasteiger partial charge in [-0.1, -0.05) is 0 Å². The van der Waals surface area contributed by atoms with Gasteiger partial charge in [0.15, 0.2) is 0 Å². The van der Waals surface area contributed by atoms with Gasteiger partial charge in [0.25, 0.3) is 0 Å². The summed E-state index contributed by atoms with van der Waals surface area (Å²) in [5.41, 5.74) is 5.82. The van der Waals surface area contributed by atoms with Crippen LogP contribution in [-0.4, -0.2) is 48.3 Å². The molecule has 1 rings (SSSR count). The van der Waals surface area contributed by atoms with Crippen molar-refractivity contribution in [2.45, 2.75) is 25.3 Å². The number of methoxy groups -OCH3 is 1. The first-order chi connectivity index (χ1) is 7.52. The van der Waals surface area contributed by atoms with E-state index < -0.39 is 12.1 Å². The standard InChI is InChI=1S/C10H18N2O4/c1-16-10(15)12-5-7(2-3-9(13)14)4-8(11)6-12/h7-8H,2-6,11H2,1H3,(H,13,14). The normalized spacial score (nSPS) is 25.2. The number of nitrogens with two attached hydrogens (primary N) is 1. The van der Waals surface area contributed by atoms with Crippen molar-refractivity contribution in [3.63, 3.8) is 0 Å². The number of aliphatic carboxylic acids is 1. The highest BCUT2D eigenvalue weighted by atomic mass is 16.5. The van der Waals surface area contributed by atoms with Crippen molar-refractivity contribution in [1.82, 2.24) is 4.90 Å². The second-order valence-corrected chi connectivity index (χ2v) is 4.17. The molecule has 1 aliphatic heterocycles. The molecule has 92 valence electrons. The quantitative estimate of drug-likeness (QED) is 0.725. The lowest BCUT2D eigenvalue weighted by molar-refractivity contribution is -0.137. The summed E-state index contributed by atoms with van der Waals surface area (Å²) in [6.07, 6.45) is 1.04. The largest absolute Gasteiger partial charge is 0.481 e. The molecule has 3 N–H and O–H groups in total. The van der Waals surface area contributed by atoms with E-state index in [0.29, 0.717) is 19.5 Å². The monoisotopic (exact) mass is 230 g/mol. The number of rotatable bonds is 3. The zero-order valence-electron chi connectivity index (χ0n) is 9.39. The maximum Gasteiger partial charge on any atom is 0.409 e. The minimum Gasteiger partial charge on any atom is -0.481 e. The first kappa shape index (κ1) is 12.8. The van der Waals surface area contributed by atoms with Crippen LogP contribution >= 0.6 is 0 Å². The summed E-state index contributed by atoms with van der Waals surface area (Å²) in [4.78, 5) is 23.3. The number of hydrogen-bond acceptors (Lipinski definition) is 4. The Morgan fingerprint density at radius 1 is 1.50 bits per heavy atom. The lowest BCUT2D eigenvalue weighted by Crippen LogP contribution is -2.49. The van der Waals surface area contributed by atoms with E-state index in [1.807, 2.05) is 0 Å². The van der Waals surface area contributed by atoms with Gasteiger partial charge in [0.2, 0.25) is 0 Å². The van der Waals surface area contributed by atoms with Crippen LogP contribution in [0.1, 0.15) is 19.3 Å². The maximum atomic E-state index is 11.3. The lowest BCUT2D eigenvalue weighted by Gasteiger charge is -2.35.